The van der Waals surface area contributed by atoms with Crippen LogP contribution >= 0.6 is 0 Å². The summed E-state index contributed by atoms with van der Waals surface area (Å²) in [5, 5.41) is 0. The Morgan fingerprint density at radius 3 is 2.41 bits per heavy atom. The lowest BCUT2D eigenvalue weighted by Gasteiger charge is -2.12. The summed E-state index contributed by atoms with van der Waals surface area (Å²) in [6, 6.07) is 8.47. The van der Waals surface area contributed by atoms with Gasteiger partial charge in [-0.1, -0.05) is 31.1 Å². The molecule has 0 aliphatic rings. The maximum atomic E-state index is 5.81. The summed E-state index contributed by atoms with van der Waals surface area (Å²) in [4.78, 5) is 0. The highest BCUT2D eigenvalue weighted by molar-refractivity contribution is 5.27. The standard InChI is InChI=1S/C16H24O/c1-5-6-7-15-8-10-16(11-9-15)17-14(4)12-13(2)3/h8-12,14H,5-7H2,1-4H3. The van der Waals surface area contributed by atoms with Gasteiger partial charge in [-0.25, -0.2) is 0 Å². The molecule has 1 unspecified atom stereocenters. The van der Waals surface area contributed by atoms with Gasteiger partial charge in [-0.15, -0.1) is 0 Å². The van der Waals surface area contributed by atoms with Crippen molar-refractivity contribution in [2.75, 3.05) is 0 Å². The van der Waals surface area contributed by atoms with E-state index in [1.165, 1.54) is 30.4 Å². The third-order valence-corrected chi connectivity index (χ3v) is 2.63. The van der Waals surface area contributed by atoms with Gasteiger partial charge in [-0.2, -0.15) is 0 Å². The quantitative estimate of drug-likeness (QED) is 0.642. The fourth-order valence-electron chi connectivity index (χ4n) is 1.83. The third kappa shape index (κ3) is 5.58. The second-order valence-electron chi connectivity index (χ2n) is 4.81. The number of unbranched alkanes of at least 4 members (excludes halogenated alkanes) is 1. The Labute approximate surface area is 106 Å². The summed E-state index contributed by atoms with van der Waals surface area (Å²) >= 11 is 0. The zero-order chi connectivity index (χ0) is 12.7. The predicted octanol–water partition coefficient (Wildman–Crippen LogP) is 4.76. The van der Waals surface area contributed by atoms with Gasteiger partial charge in [0.2, 0.25) is 0 Å². The molecule has 0 aromatic heterocycles. The molecule has 17 heavy (non-hydrogen) atoms. The Kier molecular flexibility index (Phi) is 5.82. The molecule has 0 aliphatic heterocycles. The molecule has 1 aromatic rings. The van der Waals surface area contributed by atoms with Crippen molar-refractivity contribution in [2.24, 2.45) is 0 Å². The summed E-state index contributed by atoms with van der Waals surface area (Å²) in [7, 11) is 0. The van der Waals surface area contributed by atoms with Gasteiger partial charge < -0.3 is 4.74 Å². The Morgan fingerprint density at radius 2 is 1.88 bits per heavy atom. The van der Waals surface area contributed by atoms with Crippen molar-refractivity contribution in [1.29, 1.82) is 0 Å². The molecule has 1 nitrogen and oxygen atoms in total. The third-order valence-electron chi connectivity index (χ3n) is 2.63. The molecule has 0 spiro atoms. The molecule has 0 heterocycles. The number of rotatable bonds is 6. The van der Waals surface area contributed by atoms with Crippen molar-refractivity contribution in [3.8, 4) is 5.75 Å². The zero-order valence-electron chi connectivity index (χ0n) is 11.5. The number of ether oxygens (including phenoxy) is 1. The number of aryl methyl sites for hydroxylation is 1. The van der Waals surface area contributed by atoms with E-state index in [1.807, 2.05) is 0 Å². The SMILES string of the molecule is CCCCc1ccc(OC(C)C=C(C)C)cc1. The Balaban J connectivity index is 2.53. The lowest BCUT2D eigenvalue weighted by molar-refractivity contribution is 0.269. The molecule has 0 saturated heterocycles. The Bertz CT molecular complexity index is 344. The van der Waals surface area contributed by atoms with E-state index < -0.39 is 0 Å². The van der Waals surface area contributed by atoms with Crippen LogP contribution < -0.4 is 4.74 Å². The van der Waals surface area contributed by atoms with Crippen molar-refractivity contribution in [1.82, 2.24) is 0 Å². The molecule has 0 bridgehead atoms. The van der Waals surface area contributed by atoms with Crippen LogP contribution in [0.1, 0.15) is 46.1 Å². The molecule has 0 fully saturated rings. The molecule has 1 aromatic carbocycles. The molecule has 94 valence electrons. The van der Waals surface area contributed by atoms with Gasteiger partial charge in [-0.05, 0) is 57.4 Å². The van der Waals surface area contributed by atoms with E-state index in [0.717, 1.165) is 5.75 Å². The molecular formula is C16H24O. The van der Waals surface area contributed by atoms with E-state index in [1.54, 1.807) is 0 Å². The van der Waals surface area contributed by atoms with Crippen LogP contribution in [-0.4, -0.2) is 6.10 Å². The van der Waals surface area contributed by atoms with Crippen LogP contribution in [0.4, 0.5) is 0 Å². The van der Waals surface area contributed by atoms with Crippen LogP contribution in [0, 0.1) is 0 Å². The lowest BCUT2D eigenvalue weighted by atomic mass is 10.1. The first kappa shape index (κ1) is 13.8. The molecule has 0 radical (unpaired) electrons. The van der Waals surface area contributed by atoms with Crippen LogP contribution in [-0.2, 0) is 6.42 Å². The van der Waals surface area contributed by atoms with Gasteiger partial charge in [0.15, 0.2) is 0 Å². The second kappa shape index (κ2) is 7.16. The number of benzene rings is 1. The summed E-state index contributed by atoms with van der Waals surface area (Å²) in [6.45, 7) is 8.47. The summed E-state index contributed by atoms with van der Waals surface area (Å²) in [5.74, 6) is 0.954. The van der Waals surface area contributed by atoms with Gasteiger partial charge in [0.05, 0.1) is 0 Å². The first-order valence-electron chi connectivity index (χ1n) is 6.52. The number of allylic oxidation sites excluding steroid dienone is 1. The van der Waals surface area contributed by atoms with Crippen molar-refractivity contribution in [2.45, 2.75) is 53.1 Å². The lowest BCUT2D eigenvalue weighted by Crippen LogP contribution is -2.08. The van der Waals surface area contributed by atoms with E-state index in [0.29, 0.717) is 0 Å². The van der Waals surface area contributed by atoms with Crippen LogP contribution in [0.2, 0.25) is 0 Å². The van der Waals surface area contributed by atoms with Crippen LogP contribution in [0.3, 0.4) is 0 Å². The average molecular weight is 232 g/mol. The van der Waals surface area contributed by atoms with Crippen molar-refractivity contribution < 1.29 is 4.74 Å². The minimum Gasteiger partial charge on any atom is -0.487 e. The van der Waals surface area contributed by atoms with E-state index in [9.17, 15) is 0 Å². The van der Waals surface area contributed by atoms with Crippen LogP contribution in [0.15, 0.2) is 35.9 Å². The van der Waals surface area contributed by atoms with Crippen molar-refractivity contribution in [3.05, 3.63) is 41.5 Å². The maximum Gasteiger partial charge on any atom is 0.120 e. The molecule has 0 N–H and O–H groups in total. The molecule has 1 atom stereocenters. The molecule has 1 rings (SSSR count). The number of hydrogen-bond acceptors (Lipinski definition) is 1. The van der Waals surface area contributed by atoms with Crippen LogP contribution in [0.5, 0.6) is 5.75 Å². The first-order chi connectivity index (χ1) is 8.11. The number of hydrogen-bond donors (Lipinski definition) is 0. The first-order valence-corrected chi connectivity index (χ1v) is 6.52. The Morgan fingerprint density at radius 1 is 1.24 bits per heavy atom. The van der Waals surface area contributed by atoms with E-state index in [4.69, 9.17) is 4.74 Å². The maximum absolute atomic E-state index is 5.81. The zero-order valence-corrected chi connectivity index (χ0v) is 11.5. The summed E-state index contributed by atoms with van der Waals surface area (Å²) in [6.07, 6.45) is 5.94. The second-order valence-corrected chi connectivity index (χ2v) is 4.81. The van der Waals surface area contributed by atoms with E-state index >= 15 is 0 Å². The van der Waals surface area contributed by atoms with Gasteiger partial charge in [0.25, 0.3) is 0 Å². The monoisotopic (exact) mass is 232 g/mol. The average Bonchev–Trinajstić information content (AvgIpc) is 2.27. The summed E-state index contributed by atoms with van der Waals surface area (Å²) in [5.41, 5.74) is 2.69. The minimum absolute atomic E-state index is 0.140. The highest BCUT2D eigenvalue weighted by Gasteiger charge is 2.00. The smallest absolute Gasteiger partial charge is 0.120 e. The minimum atomic E-state index is 0.140. The van der Waals surface area contributed by atoms with E-state index in [2.05, 4.69) is 58.0 Å². The predicted molar refractivity (Wildman–Crippen MR) is 74.6 cm³/mol. The molecule has 0 aliphatic carbocycles. The van der Waals surface area contributed by atoms with Crippen molar-refractivity contribution >= 4 is 0 Å². The molecular weight excluding hydrogens is 208 g/mol. The molecule has 0 saturated carbocycles. The largest absolute Gasteiger partial charge is 0.487 e. The highest BCUT2D eigenvalue weighted by atomic mass is 16.5. The van der Waals surface area contributed by atoms with Crippen LogP contribution in [0.25, 0.3) is 0 Å². The van der Waals surface area contributed by atoms with E-state index in [-0.39, 0.29) is 6.10 Å². The molecule has 0 amide bonds. The van der Waals surface area contributed by atoms with Gasteiger partial charge in [0, 0.05) is 0 Å². The summed E-state index contributed by atoms with van der Waals surface area (Å²) < 4.78 is 5.81. The fraction of sp³-hybridized carbons (Fsp3) is 0.500. The normalized spacial score (nSPS) is 12.0. The fourth-order valence-corrected chi connectivity index (χ4v) is 1.83. The Hall–Kier alpha value is -1.24. The van der Waals surface area contributed by atoms with Gasteiger partial charge >= 0.3 is 0 Å². The van der Waals surface area contributed by atoms with Gasteiger partial charge in [0.1, 0.15) is 11.9 Å². The van der Waals surface area contributed by atoms with Crippen molar-refractivity contribution in [3.63, 3.8) is 0 Å². The topological polar surface area (TPSA) is 9.23 Å². The van der Waals surface area contributed by atoms with Gasteiger partial charge in [-0.3, -0.25) is 0 Å². The highest BCUT2D eigenvalue weighted by Crippen LogP contribution is 2.16. The molecule has 1 heteroatoms.